The zero-order chi connectivity index (χ0) is 17.1. The molecule has 2 heterocycles. The molecule has 0 atom stereocenters. The van der Waals surface area contributed by atoms with Crippen molar-refractivity contribution in [1.82, 2.24) is 15.3 Å². The maximum absolute atomic E-state index is 11.1. The monoisotopic (exact) mass is 328 g/mol. The Labute approximate surface area is 138 Å². The second-order valence-corrected chi connectivity index (χ2v) is 5.34. The Bertz CT molecular complexity index is 806. The van der Waals surface area contributed by atoms with E-state index in [1.54, 1.807) is 12.1 Å². The number of rotatable bonds is 5. The number of aliphatic imine (C=N–C) groups is 1. The van der Waals surface area contributed by atoms with Gasteiger partial charge < -0.3 is 15.0 Å². The Hall–Kier alpha value is -3.23. The van der Waals surface area contributed by atoms with Crippen molar-refractivity contribution < 1.29 is 9.66 Å². The molecule has 0 aliphatic carbocycles. The van der Waals surface area contributed by atoms with Crippen molar-refractivity contribution in [3.05, 3.63) is 46.4 Å². The highest BCUT2D eigenvalue weighted by atomic mass is 16.6. The number of ether oxygens (including phenoxy) is 1. The largest absolute Gasteiger partial charge is 0.434 e. The first-order valence-corrected chi connectivity index (χ1v) is 7.28. The van der Waals surface area contributed by atoms with Crippen LogP contribution in [-0.2, 0) is 0 Å². The van der Waals surface area contributed by atoms with E-state index in [1.807, 2.05) is 25.1 Å². The van der Waals surface area contributed by atoms with Gasteiger partial charge in [0.05, 0.1) is 11.5 Å². The average Bonchev–Trinajstić information content (AvgIpc) is 3.09. The number of hydrogen-bond donors (Lipinski definition) is 1. The van der Waals surface area contributed by atoms with Gasteiger partial charge in [-0.3, -0.25) is 15.1 Å². The molecule has 24 heavy (non-hydrogen) atoms. The third-order valence-corrected chi connectivity index (χ3v) is 3.42. The number of nitrogens with zero attached hydrogens (tertiary/aromatic N) is 5. The van der Waals surface area contributed by atoms with Crippen molar-refractivity contribution in [3.8, 4) is 11.6 Å². The number of nitrogens with one attached hydrogen (secondary N) is 1. The van der Waals surface area contributed by atoms with Crippen LogP contribution in [0.3, 0.4) is 0 Å². The summed E-state index contributed by atoms with van der Waals surface area (Å²) in [5, 5.41) is 14.3. The molecule has 0 amide bonds. The van der Waals surface area contributed by atoms with E-state index in [0.717, 1.165) is 36.4 Å². The van der Waals surface area contributed by atoms with Crippen LogP contribution in [0.25, 0.3) is 0 Å². The standard InChI is InChI=1S/C15H16N6O3/c1-20(2)11-5-10(14-17-3-4-18-14)6-12(7-11)24-15-13(21(22)23)8-16-9-19-15/h5-9H,3-4H2,1-2H3,(H,17,18). The molecule has 0 spiro atoms. The highest BCUT2D eigenvalue weighted by molar-refractivity contribution is 6.00. The van der Waals surface area contributed by atoms with Gasteiger partial charge in [0.25, 0.3) is 0 Å². The number of benzene rings is 1. The molecule has 0 fully saturated rings. The van der Waals surface area contributed by atoms with Crippen molar-refractivity contribution in [3.63, 3.8) is 0 Å². The first-order valence-electron chi connectivity index (χ1n) is 7.28. The molecule has 9 heteroatoms. The molecule has 1 N–H and O–H groups in total. The fraction of sp³-hybridized carbons (Fsp3) is 0.267. The van der Waals surface area contributed by atoms with Gasteiger partial charge in [0.15, 0.2) is 0 Å². The predicted octanol–water partition coefficient (Wildman–Crippen LogP) is 1.59. The second kappa shape index (κ2) is 6.49. The maximum Gasteiger partial charge on any atom is 0.349 e. The first kappa shape index (κ1) is 15.7. The van der Waals surface area contributed by atoms with Gasteiger partial charge in [-0.05, 0) is 12.1 Å². The summed E-state index contributed by atoms with van der Waals surface area (Å²) in [7, 11) is 3.81. The molecule has 1 aliphatic heterocycles. The Kier molecular flexibility index (Phi) is 4.23. The lowest BCUT2D eigenvalue weighted by Gasteiger charge is -2.16. The summed E-state index contributed by atoms with van der Waals surface area (Å²) in [6, 6.07) is 5.53. The maximum atomic E-state index is 11.1. The van der Waals surface area contributed by atoms with Gasteiger partial charge in [-0.25, -0.2) is 4.98 Å². The predicted molar refractivity (Wildman–Crippen MR) is 88.9 cm³/mol. The molecular weight excluding hydrogens is 312 g/mol. The Morgan fingerprint density at radius 3 is 2.83 bits per heavy atom. The minimum absolute atomic E-state index is 0.0989. The molecule has 124 valence electrons. The van der Waals surface area contributed by atoms with Gasteiger partial charge in [-0.1, -0.05) is 0 Å². The summed E-state index contributed by atoms with van der Waals surface area (Å²) in [5.41, 5.74) is 1.45. The Balaban J connectivity index is 2.00. The van der Waals surface area contributed by atoms with E-state index in [9.17, 15) is 10.1 Å². The van der Waals surface area contributed by atoms with Crippen molar-refractivity contribution >= 4 is 17.2 Å². The molecule has 1 aliphatic rings. The molecule has 1 aromatic carbocycles. The van der Waals surface area contributed by atoms with E-state index in [1.165, 1.54) is 6.33 Å². The molecule has 2 aromatic rings. The highest BCUT2D eigenvalue weighted by Gasteiger charge is 2.19. The summed E-state index contributed by atoms with van der Waals surface area (Å²) < 4.78 is 5.66. The zero-order valence-electron chi connectivity index (χ0n) is 13.3. The van der Waals surface area contributed by atoms with Crippen LogP contribution in [0.15, 0.2) is 35.7 Å². The summed E-state index contributed by atoms with van der Waals surface area (Å²) in [6.45, 7) is 1.50. The van der Waals surface area contributed by atoms with Crippen LogP contribution < -0.4 is 15.0 Å². The van der Waals surface area contributed by atoms with Gasteiger partial charge in [-0.15, -0.1) is 0 Å². The topological polar surface area (TPSA) is 106 Å². The number of amidine groups is 1. The minimum atomic E-state index is -0.575. The van der Waals surface area contributed by atoms with E-state index in [-0.39, 0.29) is 11.6 Å². The number of nitro groups is 1. The summed E-state index contributed by atoms with van der Waals surface area (Å²) in [5.74, 6) is 1.12. The number of anilines is 1. The van der Waals surface area contributed by atoms with Gasteiger partial charge in [0.1, 0.15) is 24.1 Å². The highest BCUT2D eigenvalue weighted by Crippen LogP contribution is 2.31. The SMILES string of the molecule is CN(C)c1cc(Oc2ncncc2[N+](=O)[O-])cc(C2=NCCN2)c1. The quantitative estimate of drug-likeness (QED) is 0.656. The smallest absolute Gasteiger partial charge is 0.349 e. The van der Waals surface area contributed by atoms with Crippen LogP contribution in [-0.4, -0.2) is 47.9 Å². The summed E-state index contributed by atoms with van der Waals surface area (Å²) >= 11 is 0. The first-order chi connectivity index (χ1) is 11.5. The normalized spacial score (nSPS) is 13.2. The fourth-order valence-corrected chi connectivity index (χ4v) is 2.26. The molecule has 9 nitrogen and oxygen atoms in total. The molecule has 1 aromatic heterocycles. The van der Waals surface area contributed by atoms with Gasteiger partial charge >= 0.3 is 11.6 Å². The van der Waals surface area contributed by atoms with Crippen LogP contribution >= 0.6 is 0 Å². The third kappa shape index (κ3) is 3.24. The second-order valence-electron chi connectivity index (χ2n) is 5.34. The zero-order valence-corrected chi connectivity index (χ0v) is 13.3. The lowest BCUT2D eigenvalue weighted by Crippen LogP contribution is -2.20. The molecule has 0 saturated carbocycles. The van der Waals surface area contributed by atoms with E-state index >= 15 is 0 Å². The minimum Gasteiger partial charge on any atom is -0.434 e. The molecular formula is C15H16N6O3. The van der Waals surface area contributed by atoms with Crippen molar-refractivity contribution in [2.45, 2.75) is 0 Å². The summed E-state index contributed by atoms with van der Waals surface area (Å²) in [6.07, 6.45) is 2.32. The van der Waals surface area contributed by atoms with Gasteiger partial charge in [0.2, 0.25) is 0 Å². The van der Waals surface area contributed by atoms with Crippen LogP contribution in [0.1, 0.15) is 5.56 Å². The number of hydrogen-bond acceptors (Lipinski definition) is 8. The van der Waals surface area contributed by atoms with Crippen LogP contribution in [0.4, 0.5) is 11.4 Å². The molecule has 0 bridgehead atoms. The van der Waals surface area contributed by atoms with E-state index in [2.05, 4.69) is 20.3 Å². The third-order valence-electron chi connectivity index (χ3n) is 3.42. The molecule has 0 unspecified atom stereocenters. The van der Waals surface area contributed by atoms with Crippen LogP contribution in [0.2, 0.25) is 0 Å². The molecule has 3 rings (SSSR count). The Morgan fingerprint density at radius 2 is 2.17 bits per heavy atom. The van der Waals surface area contributed by atoms with Crippen molar-refractivity contribution in [2.24, 2.45) is 4.99 Å². The van der Waals surface area contributed by atoms with Gasteiger partial charge in [0, 0.05) is 38.0 Å². The van der Waals surface area contributed by atoms with Crippen LogP contribution in [0, 0.1) is 10.1 Å². The van der Waals surface area contributed by atoms with Crippen LogP contribution in [0.5, 0.6) is 11.6 Å². The lowest BCUT2D eigenvalue weighted by atomic mass is 10.1. The van der Waals surface area contributed by atoms with Crippen molar-refractivity contribution in [1.29, 1.82) is 0 Å². The molecule has 0 saturated heterocycles. The Morgan fingerprint density at radius 1 is 1.33 bits per heavy atom. The lowest BCUT2D eigenvalue weighted by molar-refractivity contribution is -0.386. The fourth-order valence-electron chi connectivity index (χ4n) is 2.26. The van der Waals surface area contributed by atoms with Gasteiger partial charge in [-0.2, -0.15) is 4.98 Å². The molecule has 0 radical (unpaired) electrons. The number of aromatic nitrogens is 2. The van der Waals surface area contributed by atoms with E-state index < -0.39 is 4.92 Å². The average molecular weight is 328 g/mol. The van der Waals surface area contributed by atoms with E-state index in [4.69, 9.17) is 4.74 Å². The van der Waals surface area contributed by atoms with E-state index in [0.29, 0.717) is 5.75 Å². The summed E-state index contributed by atoms with van der Waals surface area (Å²) in [4.78, 5) is 24.3. The van der Waals surface area contributed by atoms with Crippen molar-refractivity contribution in [2.75, 3.05) is 32.1 Å².